The van der Waals surface area contributed by atoms with Crippen LogP contribution in [0.3, 0.4) is 0 Å². The lowest BCUT2D eigenvalue weighted by Crippen LogP contribution is -2.05. The van der Waals surface area contributed by atoms with Gasteiger partial charge in [-0.1, -0.05) is 19.2 Å². The van der Waals surface area contributed by atoms with Crippen LogP contribution in [0.4, 0.5) is 11.6 Å². The number of aryl methyl sites for hydroxylation is 1. The fraction of sp³-hybridized carbons (Fsp3) is 0.167. The average molecular weight is 414 g/mol. The maximum absolute atomic E-state index is 4.48. The first-order chi connectivity index (χ1) is 15.1. The Morgan fingerprint density at radius 3 is 2.68 bits per heavy atom. The molecule has 7 heteroatoms. The molecule has 0 amide bonds. The van der Waals surface area contributed by atoms with Gasteiger partial charge in [-0.2, -0.15) is 5.10 Å². The van der Waals surface area contributed by atoms with E-state index in [9.17, 15) is 0 Å². The number of nitrogens with zero attached hydrogens (tertiary/aromatic N) is 5. The Balaban J connectivity index is 0.000000287. The first-order valence-electron chi connectivity index (χ1n) is 10.0. The summed E-state index contributed by atoms with van der Waals surface area (Å²) < 4.78 is 1.82. The molecular weight excluding hydrogens is 386 g/mol. The number of hydrogen-bond acceptors (Lipinski definition) is 6. The number of rotatable bonds is 6. The molecule has 0 aliphatic rings. The molecule has 4 rings (SSSR count). The van der Waals surface area contributed by atoms with Crippen LogP contribution < -0.4 is 10.6 Å². The van der Waals surface area contributed by atoms with Crippen LogP contribution in [-0.2, 0) is 0 Å². The predicted molar refractivity (Wildman–Crippen MR) is 128 cm³/mol. The SMILES string of the molecule is C=Cc1cnn2ccc(C(=C)c3cnc(NCC)nc3C)cc12.CNc1cccnc1. The summed E-state index contributed by atoms with van der Waals surface area (Å²) in [7, 11) is 1.87. The van der Waals surface area contributed by atoms with Crippen LogP contribution in [0.15, 0.2) is 68.4 Å². The Kier molecular flexibility index (Phi) is 7.11. The van der Waals surface area contributed by atoms with E-state index in [-0.39, 0.29) is 0 Å². The Labute approximate surface area is 182 Å². The van der Waals surface area contributed by atoms with E-state index in [1.54, 1.807) is 24.7 Å². The van der Waals surface area contributed by atoms with Gasteiger partial charge in [0.1, 0.15) is 0 Å². The van der Waals surface area contributed by atoms with E-state index in [4.69, 9.17) is 0 Å². The van der Waals surface area contributed by atoms with Gasteiger partial charge < -0.3 is 10.6 Å². The molecule has 158 valence electrons. The summed E-state index contributed by atoms with van der Waals surface area (Å²) in [6.07, 6.45) is 10.9. The van der Waals surface area contributed by atoms with Gasteiger partial charge in [0.05, 0.1) is 23.1 Å². The summed E-state index contributed by atoms with van der Waals surface area (Å²) >= 11 is 0. The van der Waals surface area contributed by atoms with Gasteiger partial charge in [-0.3, -0.25) is 4.98 Å². The lowest BCUT2D eigenvalue weighted by atomic mass is 10.00. The summed E-state index contributed by atoms with van der Waals surface area (Å²) in [5.74, 6) is 0.640. The van der Waals surface area contributed by atoms with Gasteiger partial charge >= 0.3 is 0 Å². The van der Waals surface area contributed by atoms with Crippen LogP contribution >= 0.6 is 0 Å². The zero-order chi connectivity index (χ0) is 22.2. The highest BCUT2D eigenvalue weighted by molar-refractivity contribution is 5.82. The van der Waals surface area contributed by atoms with E-state index in [1.807, 2.05) is 56.0 Å². The minimum Gasteiger partial charge on any atom is -0.387 e. The molecule has 7 nitrogen and oxygen atoms in total. The highest BCUT2D eigenvalue weighted by atomic mass is 15.2. The van der Waals surface area contributed by atoms with E-state index < -0.39 is 0 Å². The van der Waals surface area contributed by atoms with Crippen molar-refractivity contribution in [1.82, 2.24) is 24.6 Å². The van der Waals surface area contributed by atoms with E-state index in [0.717, 1.165) is 45.7 Å². The Morgan fingerprint density at radius 2 is 2.06 bits per heavy atom. The fourth-order valence-corrected chi connectivity index (χ4v) is 3.02. The van der Waals surface area contributed by atoms with Gasteiger partial charge in [0, 0.05) is 49.5 Å². The molecule has 0 atom stereocenters. The molecule has 4 aromatic heterocycles. The Bertz CT molecular complexity index is 1180. The van der Waals surface area contributed by atoms with Crippen molar-refractivity contribution in [2.24, 2.45) is 0 Å². The molecule has 0 unspecified atom stereocenters. The molecule has 0 aromatic carbocycles. The van der Waals surface area contributed by atoms with Crippen molar-refractivity contribution < 1.29 is 0 Å². The molecule has 4 aromatic rings. The van der Waals surface area contributed by atoms with Crippen molar-refractivity contribution in [3.8, 4) is 0 Å². The maximum Gasteiger partial charge on any atom is 0.222 e. The smallest absolute Gasteiger partial charge is 0.222 e. The highest BCUT2D eigenvalue weighted by Gasteiger charge is 2.10. The monoisotopic (exact) mass is 413 g/mol. The highest BCUT2D eigenvalue weighted by Crippen LogP contribution is 2.25. The molecule has 0 fully saturated rings. The van der Waals surface area contributed by atoms with E-state index in [1.165, 1.54) is 0 Å². The number of hydrogen-bond donors (Lipinski definition) is 2. The lowest BCUT2D eigenvalue weighted by molar-refractivity contribution is 0.960. The zero-order valence-electron chi connectivity index (χ0n) is 18.1. The molecule has 2 N–H and O–H groups in total. The zero-order valence-corrected chi connectivity index (χ0v) is 18.1. The number of aromatic nitrogens is 5. The molecule has 0 saturated carbocycles. The van der Waals surface area contributed by atoms with E-state index in [0.29, 0.717) is 5.95 Å². The fourth-order valence-electron chi connectivity index (χ4n) is 3.02. The number of nitrogens with one attached hydrogen (secondary N) is 2. The van der Waals surface area contributed by atoms with Crippen LogP contribution in [-0.4, -0.2) is 38.2 Å². The normalized spacial score (nSPS) is 10.2. The van der Waals surface area contributed by atoms with Crippen molar-refractivity contribution in [2.75, 3.05) is 24.2 Å². The quantitative estimate of drug-likeness (QED) is 0.477. The van der Waals surface area contributed by atoms with Crippen LogP contribution in [0, 0.1) is 6.92 Å². The summed E-state index contributed by atoms with van der Waals surface area (Å²) in [5, 5.41) is 10.4. The van der Waals surface area contributed by atoms with Gasteiger partial charge in [0.25, 0.3) is 0 Å². The topological polar surface area (TPSA) is 80.0 Å². The number of anilines is 2. The first kappa shape index (κ1) is 21.7. The summed E-state index contributed by atoms with van der Waals surface area (Å²) in [5.41, 5.74) is 6.80. The third-order valence-corrected chi connectivity index (χ3v) is 4.71. The van der Waals surface area contributed by atoms with Gasteiger partial charge in [-0.25, -0.2) is 14.5 Å². The summed E-state index contributed by atoms with van der Waals surface area (Å²) in [6.45, 7) is 12.8. The van der Waals surface area contributed by atoms with Crippen LogP contribution in [0.1, 0.15) is 29.3 Å². The largest absolute Gasteiger partial charge is 0.387 e. The van der Waals surface area contributed by atoms with Gasteiger partial charge in [-0.05, 0) is 49.2 Å². The number of pyridine rings is 2. The summed E-state index contributed by atoms with van der Waals surface area (Å²) in [4.78, 5) is 12.7. The average Bonchev–Trinajstić information content (AvgIpc) is 3.22. The van der Waals surface area contributed by atoms with Crippen molar-refractivity contribution in [3.63, 3.8) is 0 Å². The first-order valence-corrected chi connectivity index (χ1v) is 10.0. The van der Waals surface area contributed by atoms with Crippen LogP contribution in [0.25, 0.3) is 17.2 Å². The minimum atomic E-state index is 0.640. The Morgan fingerprint density at radius 1 is 1.23 bits per heavy atom. The number of fused-ring (bicyclic) bond motifs is 1. The second-order valence-electron chi connectivity index (χ2n) is 6.74. The molecule has 0 bridgehead atoms. The molecule has 0 saturated heterocycles. The molecule has 0 spiro atoms. The lowest BCUT2D eigenvalue weighted by Gasteiger charge is -2.11. The molecule has 4 heterocycles. The van der Waals surface area contributed by atoms with Gasteiger partial charge in [0.2, 0.25) is 5.95 Å². The molecule has 31 heavy (non-hydrogen) atoms. The second kappa shape index (κ2) is 10.2. The maximum atomic E-state index is 4.48. The third kappa shape index (κ3) is 5.14. The minimum absolute atomic E-state index is 0.640. The van der Waals surface area contributed by atoms with Crippen LogP contribution in [0.5, 0.6) is 0 Å². The summed E-state index contributed by atoms with van der Waals surface area (Å²) in [6, 6.07) is 7.91. The van der Waals surface area contributed by atoms with Crippen molar-refractivity contribution in [2.45, 2.75) is 13.8 Å². The van der Waals surface area contributed by atoms with Crippen molar-refractivity contribution in [1.29, 1.82) is 0 Å². The van der Waals surface area contributed by atoms with Gasteiger partial charge in [0.15, 0.2) is 0 Å². The Hall–Kier alpha value is -4.00. The van der Waals surface area contributed by atoms with Crippen LogP contribution in [0.2, 0.25) is 0 Å². The third-order valence-electron chi connectivity index (χ3n) is 4.71. The van der Waals surface area contributed by atoms with Crippen molar-refractivity contribution in [3.05, 3.63) is 90.8 Å². The molecular formula is C24H27N7. The van der Waals surface area contributed by atoms with Gasteiger partial charge in [-0.15, -0.1) is 0 Å². The molecule has 0 radical (unpaired) electrons. The van der Waals surface area contributed by atoms with E-state index in [2.05, 4.69) is 49.9 Å². The predicted octanol–water partition coefficient (Wildman–Crippen LogP) is 4.69. The molecule has 0 aliphatic carbocycles. The second-order valence-corrected chi connectivity index (χ2v) is 6.74. The standard InChI is InChI=1S/C18H19N5.C6H8N2/c1-5-14-10-21-23-8-7-15(9-17(14)23)12(3)16-11-20-18(19-6-2)22-13(16)4;1-7-6-3-2-4-8-5-6/h5,7-11H,1,3,6H2,2,4H3,(H,19,20,22);2-5,7H,1H3. The molecule has 0 aliphatic heterocycles. The van der Waals surface area contributed by atoms with E-state index >= 15 is 0 Å². The van der Waals surface area contributed by atoms with Crippen molar-refractivity contribution >= 4 is 28.8 Å².